The predicted molar refractivity (Wildman–Crippen MR) is 71.5 cm³/mol. The second-order valence-corrected chi connectivity index (χ2v) is 4.99. The normalized spacial score (nSPS) is 10.7. The number of rotatable bonds is 2. The molecule has 0 spiro atoms. The Bertz CT molecular complexity index is 615. The molecule has 0 fully saturated rings. The molecule has 0 saturated heterocycles. The molecule has 2 N–H and O–H groups in total. The number of nitrogens with zero attached hydrogens (tertiary/aromatic N) is 2. The van der Waals surface area contributed by atoms with Crippen LogP contribution in [0.5, 0.6) is 11.6 Å². The van der Waals surface area contributed by atoms with Crippen molar-refractivity contribution in [2.45, 2.75) is 6.92 Å². The Labute approximate surface area is 117 Å². The van der Waals surface area contributed by atoms with Crippen LogP contribution in [0.25, 0.3) is 0 Å². The monoisotopic (exact) mass is 333 g/mol. The van der Waals surface area contributed by atoms with Crippen LogP contribution in [0.2, 0.25) is 5.02 Å². The average molecular weight is 335 g/mol. The van der Waals surface area contributed by atoms with E-state index < -0.39 is 5.82 Å². The van der Waals surface area contributed by atoms with Gasteiger partial charge in [-0.15, -0.1) is 0 Å². The highest BCUT2D eigenvalue weighted by molar-refractivity contribution is 9.10. The molecule has 0 saturated carbocycles. The van der Waals surface area contributed by atoms with Gasteiger partial charge in [-0.1, -0.05) is 11.6 Å². The van der Waals surface area contributed by atoms with Crippen LogP contribution in [-0.4, -0.2) is 9.78 Å². The first kappa shape index (κ1) is 13.2. The molecule has 96 valence electrons. The zero-order chi connectivity index (χ0) is 13.4. The third-order valence-electron chi connectivity index (χ3n) is 2.40. The number of nitrogen functional groups attached to an aromatic ring is 1. The third-order valence-corrected chi connectivity index (χ3v) is 3.30. The maximum Gasteiger partial charge on any atom is 0.241 e. The number of hydrogen-bond donors (Lipinski definition) is 1. The van der Waals surface area contributed by atoms with Crippen molar-refractivity contribution in [3.8, 4) is 11.6 Å². The highest BCUT2D eigenvalue weighted by atomic mass is 79.9. The number of nitrogens with two attached hydrogens (primary N) is 1. The third kappa shape index (κ3) is 2.30. The van der Waals surface area contributed by atoms with Gasteiger partial charge in [0.2, 0.25) is 5.88 Å². The lowest BCUT2D eigenvalue weighted by atomic mass is 10.3. The molecule has 1 aromatic carbocycles. The van der Waals surface area contributed by atoms with E-state index in [0.29, 0.717) is 21.7 Å². The van der Waals surface area contributed by atoms with Gasteiger partial charge in [-0.05, 0) is 28.9 Å². The lowest BCUT2D eigenvalue weighted by molar-refractivity contribution is 0.427. The fourth-order valence-corrected chi connectivity index (χ4v) is 2.18. The van der Waals surface area contributed by atoms with Crippen molar-refractivity contribution < 1.29 is 9.13 Å². The van der Waals surface area contributed by atoms with Crippen LogP contribution in [0.1, 0.15) is 5.69 Å². The molecule has 2 rings (SSSR count). The van der Waals surface area contributed by atoms with E-state index in [0.717, 1.165) is 0 Å². The van der Waals surface area contributed by atoms with Gasteiger partial charge in [-0.25, -0.2) is 9.07 Å². The standard InChI is InChI=1S/C11H10BrClFN3O/c1-5-10(15)11(17(2)16-5)18-9-4-8(14)7(13)3-6(9)12/h3-4H,15H2,1-2H3. The van der Waals surface area contributed by atoms with Crippen LogP contribution in [0.3, 0.4) is 0 Å². The van der Waals surface area contributed by atoms with Crippen molar-refractivity contribution in [3.05, 3.63) is 33.1 Å². The minimum atomic E-state index is -0.563. The van der Waals surface area contributed by atoms with E-state index in [4.69, 9.17) is 22.1 Å². The van der Waals surface area contributed by atoms with E-state index in [-0.39, 0.29) is 10.8 Å². The van der Waals surface area contributed by atoms with Gasteiger partial charge in [0.1, 0.15) is 17.3 Å². The summed E-state index contributed by atoms with van der Waals surface area (Å²) >= 11 is 8.90. The molecule has 4 nitrogen and oxygen atoms in total. The number of aromatic nitrogens is 2. The number of ether oxygens (including phenoxy) is 1. The van der Waals surface area contributed by atoms with Crippen LogP contribution in [0.15, 0.2) is 16.6 Å². The van der Waals surface area contributed by atoms with Gasteiger partial charge >= 0.3 is 0 Å². The molecule has 7 heteroatoms. The lowest BCUT2D eigenvalue weighted by Crippen LogP contribution is -1.98. The molecule has 0 aliphatic heterocycles. The zero-order valence-corrected chi connectivity index (χ0v) is 12.0. The molecular weight excluding hydrogens is 324 g/mol. The number of aryl methyl sites for hydroxylation is 2. The number of benzene rings is 1. The summed E-state index contributed by atoms with van der Waals surface area (Å²) in [6.07, 6.45) is 0. The predicted octanol–water partition coefficient (Wildman–Crippen LogP) is 3.66. The molecule has 0 amide bonds. The van der Waals surface area contributed by atoms with Gasteiger partial charge in [-0.2, -0.15) is 5.10 Å². The number of halogens is 3. The maximum atomic E-state index is 13.4. The molecular formula is C11H10BrClFN3O. The fraction of sp³-hybridized carbons (Fsp3) is 0.182. The van der Waals surface area contributed by atoms with Gasteiger partial charge in [0.15, 0.2) is 0 Å². The first-order valence-corrected chi connectivity index (χ1v) is 6.18. The molecule has 1 heterocycles. The summed E-state index contributed by atoms with van der Waals surface area (Å²) in [4.78, 5) is 0. The Hall–Kier alpha value is -1.27. The number of anilines is 1. The Morgan fingerprint density at radius 1 is 1.50 bits per heavy atom. The highest BCUT2D eigenvalue weighted by Gasteiger charge is 2.15. The van der Waals surface area contributed by atoms with Crippen LogP contribution in [0.4, 0.5) is 10.1 Å². The van der Waals surface area contributed by atoms with Crippen molar-refractivity contribution >= 4 is 33.2 Å². The molecule has 0 aliphatic carbocycles. The summed E-state index contributed by atoms with van der Waals surface area (Å²) in [6.45, 7) is 1.76. The highest BCUT2D eigenvalue weighted by Crippen LogP contribution is 2.36. The maximum absolute atomic E-state index is 13.4. The fourth-order valence-electron chi connectivity index (χ4n) is 1.46. The van der Waals surface area contributed by atoms with E-state index in [1.165, 1.54) is 16.8 Å². The van der Waals surface area contributed by atoms with Gasteiger partial charge < -0.3 is 10.5 Å². The van der Waals surface area contributed by atoms with Gasteiger partial charge in [-0.3, -0.25) is 0 Å². The van der Waals surface area contributed by atoms with Crippen molar-refractivity contribution in [2.24, 2.45) is 7.05 Å². The van der Waals surface area contributed by atoms with E-state index >= 15 is 0 Å². The summed E-state index contributed by atoms with van der Waals surface area (Å²) in [5.74, 6) is 0.0776. The minimum absolute atomic E-state index is 0.0170. The summed E-state index contributed by atoms with van der Waals surface area (Å²) < 4.78 is 21.0. The molecule has 0 radical (unpaired) electrons. The molecule has 0 atom stereocenters. The lowest BCUT2D eigenvalue weighted by Gasteiger charge is -2.09. The Kier molecular flexibility index (Phi) is 3.49. The zero-order valence-electron chi connectivity index (χ0n) is 9.67. The van der Waals surface area contributed by atoms with Gasteiger partial charge in [0.25, 0.3) is 0 Å². The molecule has 0 aliphatic rings. The largest absolute Gasteiger partial charge is 0.436 e. The molecule has 18 heavy (non-hydrogen) atoms. The minimum Gasteiger partial charge on any atom is -0.436 e. The van der Waals surface area contributed by atoms with Crippen LogP contribution in [-0.2, 0) is 7.05 Å². The molecule has 0 bridgehead atoms. The quantitative estimate of drug-likeness (QED) is 0.853. The summed E-state index contributed by atoms with van der Waals surface area (Å²) in [5, 5.41) is 4.12. The second-order valence-electron chi connectivity index (χ2n) is 3.73. The first-order valence-electron chi connectivity index (χ1n) is 5.01. The first-order chi connectivity index (χ1) is 8.40. The molecule has 1 aromatic heterocycles. The van der Waals surface area contributed by atoms with Gasteiger partial charge in [0, 0.05) is 13.1 Å². The van der Waals surface area contributed by atoms with Crippen molar-refractivity contribution in [1.29, 1.82) is 0 Å². The molecule has 0 unspecified atom stereocenters. The van der Waals surface area contributed by atoms with E-state index in [9.17, 15) is 4.39 Å². The van der Waals surface area contributed by atoms with Crippen molar-refractivity contribution in [2.75, 3.05) is 5.73 Å². The van der Waals surface area contributed by atoms with Gasteiger partial charge in [0.05, 0.1) is 15.2 Å². The second kappa shape index (κ2) is 4.78. The van der Waals surface area contributed by atoms with E-state index in [1.807, 2.05) is 0 Å². The summed E-state index contributed by atoms with van der Waals surface area (Å²) in [6, 6.07) is 2.61. The summed E-state index contributed by atoms with van der Waals surface area (Å²) in [5.41, 5.74) is 6.89. The Morgan fingerprint density at radius 3 is 2.72 bits per heavy atom. The Balaban J connectivity index is 2.43. The molecule has 2 aromatic rings. The summed E-state index contributed by atoms with van der Waals surface area (Å²) in [7, 11) is 1.69. The Morgan fingerprint density at radius 2 is 2.17 bits per heavy atom. The topological polar surface area (TPSA) is 53.1 Å². The van der Waals surface area contributed by atoms with Crippen LogP contribution in [0, 0.1) is 12.7 Å². The van der Waals surface area contributed by atoms with E-state index in [1.54, 1.807) is 14.0 Å². The SMILES string of the molecule is Cc1nn(C)c(Oc2cc(F)c(Cl)cc2Br)c1N. The smallest absolute Gasteiger partial charge is 0.241 e. The number of hydrogen-bond acceptors (Lipinski definition) is 3. The van der Waals surface area contributed by atoms with Crippen molar-refractivity contribution in [1.82, 2.24) is 9.78 Å². The van der Waals surface area contributed by atoms with E-state index in [2.05, 4.69) is 21.0 Å². The van der Waals surface area contributed by atoms with Crippen LogP contribution >= 0.6 is 27.5 Å². The van der Waals surface area contributed by atoms with Crippen molar-refractivity contribution in [3.63, 3.8) is 0 Å². The average Bonchev–Trinajstić information content (AvgIpc) is 2.52. The van der Waals surface area contributed by atoms with Crippen LogP contribution < -0.4 is 10.5 Å².